The van der Waals surface area contributed by atoms with E-state index in [-0.39, 0.29) is 0 Å². The van der Waals surface area contributed by atoms with E-state index < -0.39 is 0 Å². The van der Waals surface area contributed by atoms with Crippen LogP contribution in [-0.2, 0) is 0 Å². The molecular formula is C16H35NO. The van der Waals surface area contributed by atoms with Crippen LogP contribution in [0.25, 0.3) is 0 Å². The Balaban J connectivity index is 3.50. The van der Waals surface area contributed by atoms with Gasteiger partial charge >= 0.3 is 0 Å². The second-order valence-corrected chi connectivity index (χ2v) is 5.68. The van der Waals surface area contributed by atoms with Crippen LogP contribution in [0.1, 0.15) is 78.6 Å². The molecular weight excluding hydrogens is 222 g/mol. The van der Waals surface area contributed by atoms with Gasteiger partial charge in [-0.1, -0.05) is 52.4 Å². The molecule has 0 fully saturated rings. The normalized spacial score (nSPS) is 14.7. The fourth-order valence-corrected chi connectivity index (χ4v) is 2.46. The van der Waals surface area contributed by atoms with Crippen LogP contribution in [0.15, 0.2) is 0 Å². The Morgan fingerprint density at radius 3 is 2.22 bits per heavy atom. The molecule has 0 saturated carbocycles. The molecule has 0 amide bonds. The van der Waals surface area contributed by atoms with Gasteiger partial charge in [-0.05, 0) is 38.6 Å². The molecule has 0 aromatic heterocycles. The molecule has 18 heavy (non-hydrogen) atoms. The Labute approximate surface area is 115 Å². The first kappa shape index (κ1) is 17.9. The van der Waals surface area contributed by atoms with Crippen molar-refractivity contribution in [2.24, 2.45) is 5.92 Å². The van der Waals surface area contributed by atoms with Crippen molar-refractivity contribution in [2.75, 3.05) is 13.2 Å². The average Bonchev–Trinajstić information content (AvgIpc) is 2.36. The van der Waals surface area contributed by atoms with Crippen LogP contribution >= 0.6 is 0 Å². The quantitative estimate of drug-likeness (QED) is 0.486. The average molecular weight is 257 g/mol. The molecule has 0 aromatic carbocycles. The second-order valence-electron chi connectivity index (χ2n) is 5.68. The van der Waals surface area contributed by atoms with Gasteiger partial charge in [-0.3, -0.25) is 0 Å². The summed E-state index contributed by atoms with van der Waals surface area (Å²) in [5.41, 5.74) is 0. The van der Waals surface area contributed by atoms with Gasteiger partial charge in [-0.25, -0.2) is 0 Å². The molecule has 2 heteroatoms. The molecule has 0 aliphatic heterocycles. The first-order valence-electron chi connectivity index (χ1n) is 8.08. The van der Waals surface area contributed by atoms with Gasteiger partial charge < -0.3 is 10.4 Å². The number of rotatable bonds is 13. The van der Waals surface area contributed by atoms with Crippen molar-refractivity contribution in [1.29, 1.82) is 0 Å². The third-order valence-corrected chi connectivity index (χ3v) is 3.73. The van der Waals surface area contributed by atoms with Crippen LogP contribution in [0.2, 0.25) is 0 Å². The molecule has 2 atom stereocenters. The van der Waals surface area contributed by atoms with E-state index in [1.807, 2.05) is 0 Å². The summed E-state index contributed by atoms with van der Waals surface area (Å²) < 4.78 is 0. The van der Waals surface area contributed by atoms with Crippen molar-refractivity contribution in [3.05, 3.63) is 0 Å². The number of nitrogens with one attached hydrogen (secondary N) is 1. The number of aliphatic hydroxyl groups is 1. The lowest BCUT2D eigenvalue weighted by Crippen LogP contribution is -2.31. The summed E-state index contributed by atoms with van der Waals surface area (Å²) in [6, 6.07) is 0.629. The highest BCUT2D eigenvalue weighted by molar-refractivity contribution is 4.66. The third-order valence-electron chi connectivity index (χ3n) is 3.73. The molecule has 0 saturated heterocycles. The van der Waals surface area contributed by atoms with E-state index in [1.54, 1.807) is 0 Å². The fourth-order valence-electron chi connectivity index (χ4n) is 2.46. The van der Waals surface area contributed by atoms with Gasteiger partial charge in [-0.15, -0.1) is 0 Å². The van der Waals surface area contributed by atoms with E-state index in [9.17, 15) is 0 Å². The summed E-state index contributed by atoms with van der Waals surface area (Å²) in [5.74, 6) is 0.655. The minimum absolute atomic E-state index is 0.331. The molecule has 2 nitrogen and oxygen atoms in total. The number of unbranched alkanes of at least 4 members (excludes halogenated alkanes) is 4. The van der Waals surface area contributed by atoms with Crippen molar-refractivity contribution in [3.63, 3.8) is 0 Å². The Morgan fingerprint density at radius 2 is 1.61 bits per heavy atom. The highest BCUT2D eigenvalue weighted by Crippen LogP contribution is 2.11. The van der Waals surface area contributed by atoms with Crippen LogP contribution in [0, 0.1) is 5.92 Å². The molecule has 0 heterocycles. The molecule has 0 spiro atoms. The summed E-state index contributed by atoms with van der Waals surface area (Å²) in [5, 5.41) is 12.7. The lowest BCUT2D eigenvalue weighted by molar-refractivity contribution is 0.245. The second kappa shape index (κ2) is 13.4. The zero-order chi connectivity index (χ0) is 13.6. The van der Waals surface area contributed by atoms with Gasteiger partial charge in [0, 0.05) is 12.6 Å². The van der Waals surface area contributed by atoms with E-state index in [4.69, 9.17) is 5.11 Å². The maximum atomic E-state index is 9.02. The smallest absolute Gasteiger partial charge is 0.0434 e. The Hall–Kier alpha value is -0.0800. The minimum atomic E-state index is 0.331. The molecule has 0 radical (unpaired) electrons. The highest BCUT2D eigenvalue weighted by Gasteiger charge is 2.09. The van der Waals surface area contributed by atoms with Crippen LogP contribution in [0.5, 0.6) is 0 Å². The summed E-state index contributed by atoms with van der Waals surface area (Å²) in [7, 11) is 0. The van der Waals surface area contributed by atoms with Gasteiger partial charge in [0.1, 0.15) is 0 Å². The first-order valence-corrected chi connectivity index (χ1v) is 8.08. The van der Waals surface area contributed by atoms with E-state index in [1.165, 1.54) is 51.4 Å². The molecule has 0 aliphatic carbocycles. The Morgan fingerprint density at radius 1 is 0.889 bits per heavy atom. The van der Waals surface area contributed by atoms with E-state index >= 15 is 0 Å². The van der Waals surface area contributed by atoms with E-state index in [0.29, 0.717) is 18.6 Å². The standard InChI is InChI=1S/C16H35NO/c1-4-6-7-8-9-11-15(3)17-14-16(10-5-2)12-13-18/h15-18H,4-14H2,1-3H3. The van der Waals surface area contributed by atoms with Crippen molar-refractivity contribution in [3.8, 4) is 0 Å². The number of hydrogen-bond acceptors (Lipinski definition) is 2. The summed E-state index contributed by atoms with van der Waals surface area (Å²) in [6.07, 6.45) is 11.5. The lowest BCUT2D eigenvalue weighted by Gasteiger charge is -2.19. The van der Waals surface area contributed by atoms with Crippen molar-refractivity contribution >= 4 is 0 Å². The third kappa shape index (κ3) is 11.0. The van der Waals surface area contributed by atoms with Gasteiger partial charge in [0.15, 0.2) is 0 Å². The van der Waals surface area contributed by atoms with E-state index in [0.717, 1.165) is 13.0 Å². The maximum absolute atomic E-state index is 9.02. The fraction of sp³-hybridized carbons (Fsp3) is 1.00. The minimum Gasteiger partial charge on any atom is -0.396 e. The first-order chi connectivity index (χ1) is 8.74. The molecule has 0 rings (SSSR count). The molecule has 2 unspecified atom stereocenters. The predicted molar refractivity (Wildman–Crippen MR) is 80.9 cm³/mol. The van der Waals surface area contributed by atoms with Crippen molar-refractivity contribution in [1.82, 2.24) is 5.32 Å². The van der Waals surface area contributed by atoms with Crippen LogP contribution in [0.3, 0.4) is 0 Å². The number of aliphatic hydroxyl groups excluding tert-OH is 1. The monoisotopic (exact) mass is 257 g/mol. The molecule has 0 aromatic rings. The van der Waals surface area contributed by atoms with Gasteiger partial charge in [0.05, 0.1) is 0 Å². The summed E-state index contributed by atoms with van der Waals surface area (Å²) in [6.45, 7) is 8.19. The van der Waals surface area contributed by atoms with Crippen LogP contribution in [-0.4, -0.2) is 24.3 Å². The Kier molecular flexibility index (Phi) is 13.3. The largest absolute Gasteiger partial charge is 0.396 e. The van der Waals surface area contributed by atoms with E-state index in [2.05, 4.69) is 26.1 Å². The van der Waals surface area contributed by atoms with Gasteiger partial charge in [-0.2, -0.15) is 0 Å². The zero-order valence-corrected chi connectivity index (χ0v) is 12.9. The predicted octanol–water partition coefficient (Wildman–Crippen LogP) is 4.12. The molecule has 110 valence electrons. The number of hydrogen-bond donors (Lipinski definition) is 2. The molecule has 0 aliphatic rings. The SMILES string of the molecule is CCCCCCCC(C)NCC(CCC)CCO. The highest BCUT2D eigenvalue weighted by atomic mass is 16.3. The van der Waals surface area contributed by atoms with Gasteiger partial charge in [0.25, 0.3) is 0 Å². The summed E-state index contributed by atoms with van der Waals surface area (Å²) >= 11 is 0. The van der Waals surface area contributed by atoms with Crippen LogP contribution < -0.4 is 5.32 Å². The maximum Gasteiger partial charge on any atom is 0.0434 e. The van der Waals surface area contributed by atoms with Crippen molar-refractivity contribution in [2.45, 2.75) is 84.6 Å². The van der Waals surface area contributed by atoms with Crippen molar-refractivity contribution < 1.29 is 5.11 Å². The van der Waals surface area contributed by atoms with Gasteiger partial charge in [0.2, 0.25) is 0 Å². The topological polar surface area (TPSA) is 32.3 Å². The Bertz CT molecular complexity index is 155. The summed E-state index contributed by atoms with van der Waals surface area (Å²) in [4.78, 5) is 0. The zero-order valence-electron chi connectivity index (χ0n) is 12.9. The molecule has 0 bridgehead atoms. The molecule has 2 N–H and O–H groups in total. The van der Waals surface area contributed by atoms with Crippen LogP contribution in [0.4, 0.5) is 0 Å². The lowest BCUT2D eigenvalue weighted by atomic mass is 9.99.